The minimum Gasteiger partial charge on any atom is -0.468 e. The maximum absolute atomic E-state index is 12.8. The normalized spacial score (nSPS) is 18.9. The highest BCUT2D eigenvalue weighted by Crippen LogP contribution is 2.15. The van der Waals surface area contributed by atoms with Gasteiger partial charge in [-0.15, -0.1) is 0 Å². The number of esters is 1. The first-order valence-electron chi connectivity index (χ1n) is 6.87. The number of alkyl halides is 2. The topological polar surface area (TPSA) is 50.6 Å². The van der Waals surface area contributed by atoms with Crippen molar-refractivity contribution in [2.24, 2.45) is 0 Å². The Morgan fingerprint density at radius 3 is 2.62 bits per heavy atom. The van der Waals surface area contributed by atoms with Crippen LogP contribution < -0.4 is 0 Å². The van der Waals surface area contributed by atoms with Gasteiger partial charge in [-0.2, -0.15) is 8.78 Å². The summed E-state index contributed by atoms with van der Waals surface area (Å²) in [4.78, 5) is 19.6. The van der Waals surface area contributed by atoms with Crippen molar-refractivity contribution in [3.63, 3.8) is 0 Å². The van der Waals surface area contributed by atoms with E-state index in [9.17, 15) is 13.6 Å². The van der Waals surface area contributed by atoms with Crippen molar-refractivity contribution in [2.75, 3.05) is 33.3 Å². The lowest BCUT2D eigenvalue weighted by molar-refractivity contribution is -0.147. The van der Waals surface area contributed by atoms with Gasteiger partial charge in [0.1, 0.15) is 11.9 Å². The molecule has 1 aliphatic rings. The molecule has 0 spiro atoms. The molecule has 1 aromatic heterocycles. The summed E-state index contributed by atoms with van der Waals surface area (Å²) in [6.07, 6.45) is 2.67. The van der Waals surface area contributed by atoms with Gasteiger partial charge in [-0.1, -0.05) is 0 Å². The van der Waals surface area contributed by atoms with Crippen LogP contribution in [0.3, 0.4) is 0 Å². The molecule has 0 N–H and O–H groups in total. The van der Waals surface area contributed by atoms with Crippen LogP contribution in [0.2, 0.25) is 0 Å². The number of hydrogen-bond acceptors (Lipinski definition) is 5. The molecule has 1 aliphatic heterocycles. The number of hydrogen-bond donors (Lipinski definition) is 0. The van der Waals surface area contributed by atoms with Gasteiger partial charge in [0.05, 0.1) is 13.7 Å². The number of rotatable bonds is 5. The highest BCUT2D eigenvalue weighted by molar-refractivity contribution is 5.75. The number of carbonyl (C=O) groups excluding carboxylic acids is 1. The van der Waals surface area contributed by atoms with Crippen LogP contribution in [0.5, 0.6) is 0 Å². The fraction of sp³-hybridized carbons (Fsp3) is 0.692. The Labute approximate surface area is 122 Å². The zero-order chi connectivity index (χ0) is 15.4. The fourth-order valence-electron chi connectivity index (χ4n) is 2.47. The Hall–Kier alpha value is -1.54. The minimum atomic E-state index is -2.57. The average molecular weight is 302 g/mol. The highest BCUT2D eigenvalue weighted by Gasteiger charge is 2.26. The molecule has 1 saturated heterocycles. The summed E-state index contributed by atoms with van der Waals surface area (Å²) in [5.74, 6) is 0.108. The molecule has 0 aromatic carbocycles. The zero-order valence-electron chi connectivity index (χ0n) is 12.2. The molecule has 0 bridgehead atoms. The smallest absolute Gasteiger partial charge is 0.322 e. The van der Waals surface area contributed by atoms with Crippen molar-refractivity contribution in [1.29, 1.82) is 0 Å². The zero-order valence-corrected chi connectivity index (χ0v) is 12.2. The Morgan fingerprint density at radius 2 is 2.05 bits per heavy atom. The first-order chi connectivity index (χ1) is 10.0. The summed E-state index contributed by atoms with van der Waals surface area (Å²) in [7, 11) is 1.37. The van der Waals surface area contributed by atoms with Crippen LogP contribution in [0.15, 0.2) is 12.4 Å². The number of carbonyl (C=O) groups is 1. The maximum Gasteiger partial charge on any atom is 0.322 e. The van der Waals surface area contributed by atoms with E-state index in [1.54, 1.807) is 0 Å². The van der Waals surface area contributed by atoms with Gasteiger partial charge in [0, 0.05) is 38.6 Å². The monoisotopic (exact) mass is 302 g/mol. The van der Waals surface area contributed by atoms with Crippen molar-refractivity contribution >= 4 is 5.97 Å². The summed E-state index contributed by atoms with van der Waals surface area (Å²) < 4.78 is 31.1. The van der Waals surface area contributed by atoms with Crippen LogP contribution in [-0.4, -0.2) is 64.7 Å². The van der Waals surface area contributed by atoms with Gasteiger partial charge in [-0.25, -0.2) is 4.98 Å². The second-order valence-corrected chi connectivity index (χ2v) is 5.04. The van der Waals surface area contributed by atoms with E-state index in [1.807, 2.05) is 11.8 Å². The highest BCUT2D eigenvalue weighted by atomic mass is 19.3. The largest absolute Gasteiger partial charge is 0.468 e. The Balaban J connectivity index is 1.87. The summed E-state index contributed by atoms with van der Waals surface area (Å²) >= 11 is 0. The Bertz CT molecular complexity index is 472. The van der Waals surface area contributed by atoms with Gasteiger partial charge >= 0.3 is 12.5 Å². The van der Waals surface area contributed by atoms with Crippen molar-refractivity contribution < 1.29 is 18.3 Å². The molecule has 0 unspecified atom stereocenters. The number of ether oxygens (including phenoxy) is 1. The van der Waals surface area contributed by atoms with Crippen molar-refractivity contribution in [3.8, 4) is 0 Å². The molecule has 2 rings (SSSR count). The molecule has 6 nitrogen and oxygen atoms in total. The number of piperazine rings is 1. The predicted octanol–water partition coefficient (Wildman–Crippen LogP) is 0.957. The molecular formula is C13H20F2N4O2. The molecule has 0 amide bonds. The SMILES string of the molecule is COC(=O)[C@@H](C)N1CCN(Cc2nccn2C(F)F)CC1. The number of imidazole rings is 1. The van der Waals surface area contributed by atoms with E-state index in [4.69, 9.17) is 4.74 Å². The molecule has 8 heteroatoms. The molecule has 1 aromatic rings. The van der Waals surface area contributed by atoms with Gasteiger partial charge in [-0.05, 0) is 6.92 Å². The van der Waals surface area contributed by atoms with Crippen LogP contribution >= 0.6 is 0 Å². The molecule has 1 atom stereocenters. The van der Waals surface area contributed by atoms with Gasteiger partial charge < -0.3 is 4.74 Å². The quantitative estimate of drug-likeness (QED) is 0.758. The van der Waals surface area contributed by atoms with E-state index < -0.39 is 6.55 Å². The van der Waals surface area contributed by atoms with E-state index in [0.29, 0.717) is 38.5 Å². The van der Waals surface area contributed by atoms with E-state index in [0.717, 1.165) is 4.57 Å². The third-order valence-electron chi connectivity index (χ3n) is 3.82. The van der Waals surface area contributed by atoms with E-state index in [2.05, 4.69) is 9.88 Å². The van der Waals surface area contributed by atoms with Crippen molar-refractivity contribution in [2.45, 2.75) is 26.1 Å². The van der Waals surface area contributed by atoms with E-state index in [-0.39, 0.29) is 12.0 Å². The van der Waals surface area contributed by atoms with E-state index in [1.165, 1.54) is 19.5 Å². The number of aromatic nitrogens is 2. The van der Waals surface area contributed by atoms with Gasteiger partial charge in [-0.3, -0.25) is 19.2 Å². The first-order valence-corrected chi connectivity index (χ1v) is 6.87. The summed E-state index contributed by atoms with van der Waals surface area (Å²) in [6, 6.07) is -0.278. The molecule has 0 radical (unpaired) electrons. The van der Waals surface area contributed by atoms with Gasteiger partial charge in [0.15, 0.2) is 0 Å². The minimum absolute atomic E-state index is 0.253. The van der Waals surface area contributed by atoms with Crippen LogP contribution in [0, 0.1) is 0 Å². The maximum atomic E-state index is 12.8. The number of halogens is 2. The molecule has 118 valence electrons. The second kappa shape index (κ2) is 6.95. The molecule has 0 saturated carbocycles. The molecule has 1 fully saturated rings. The molecule has 2 heterocycles. The number of nitrogens with zero attached hydrogens (tertiary/aromatic N) is 4. The first kappa shape index (κ1) is 15.8. The van der Waals surface area contributed by atoms with Crippen molar-refractivity contribution in [3.05, 3.63) is 18.2 Å². The summed E-state index contributed by atoms with van der Waals surface area (Å²) in [6.45, 7) is 2.44. The fourth-order valence-corrected chi connectivity index (χ4v) is 2.47. The molecule has 21 heavy (non-hydrogen) atoms. The van der Waals surface area contributed by atoms with Crippen molar-refractivity contribution in [1.82, 2.24) is 19.4 Å². The predicted molar refractivity (Wildman–Crippen MR) is 71.8 cm³/mol. The van der Waals surface area contributed by atoms with E-state index >= 15 is 0 Å². The number of methoxy groups -OCH3 is 1. The Morgan fingerprint density at radius 1 is 1.38 bits per heavy atom. The second-order valence-electron chi connectivity index (χ2n) is 5.04. The molecular weight excluding hydrogens is 282 g/mol. The van der Waals surface area contributed by atoms with Gasteiger partial charge in [0.25, 0.3) is 0 Å². The lowest BCUT2D eigenvalue weighted by Crippen LogP contribution is -2.51. The standard InChI is InChI=1S/C13H20F2N4O2/c1-10(12(20)21-2)18-7-5-17(6-8-18)9-11-16-3-4-19(11)13(14)15/h3-4,10,13H,5-9H2,1-2H3/t10-/m1/s1. The third kappa shape index (κ3) is 3.76. The van der Waals surface area contributed by atoms with Crippen LogP contribution in [-0.2, 0) is 16.1 Å². The van der Waals surface area contributed by atoms with Crippen LogP contribution in [0.25, 0.3) is 0 Å². The van der Waals surface area contributed by atoms with Gasteiger partial charge in [0.2, 0.25) is 0 Å². The summed E-state index contributed by atoms with van der Waals surface area (Å²) in [5, 5.41) is 0. The average Bonchev–Trinajstić information content (AvgIpc) is 2.95. The lowest BCUT2D eigenvalue weighted by Gasteiger charge is -2.36. The summed E-state index contributed by atoms with van der Waals surface area (Å²) in [5.41, 5.74) is 0. The molecule has 0 aliphatic carbocycles. The lowest BCUT2D eigenvalue weighted by atomic mass is 10.2. The van der Waals surface area contributed by atoms with Crippen LogP contribution in [0.4, 0.5) is 8.78 Å². The third-order valence-corrected chi connectivity index (χ3v) is 3.82. The van der Waals surface area contributed by atoms with Crippen LogP contribution in [0.1, 0.15) is 19.3 Å². The Kier molecular flexibility index (Phi) is 5.24.